The van der Waals surface area contributed by atoms with Gasteiger partial charge in [-0.3, -0.25) is 0 Å². The average Bonchev–Trinajstić information content (AvgIpc) is 2.35. The molecule has 4 nitrogen and oxygen atoms in total. The predicted octanol–water partition coefficient (Wildman–Crippen LogP) is 3.69. The molecule has 0 saturated heterocycles. The minimum absolute atomic E-state index is 0.353. The van der Waals surface area contributed by atoms with Gasteiger partial charge >= 0.3 is 0 Å². The van der Waals surface area contributed by atoms with E-state index < -0.39 is 5.60 Å². The van der Waals surface area contributed by atoms with Crippen LogP contribution in [0.25, 0.3) is 0 Å². The molecule has 0 aliphatic rings. The van der Waals surface area contributed by atoms with E-state index in [0.717, 1.165) is 5.56 Å². The molecule has 1 rings (SSSR count). The lowest BCUT2D eigenvalue weighted by Gasteiger charge is -2.29. The molecule has 0 N–H and O–H groups in total. The van der Waals surface area contributed by atoms with E-state index in [1.807, 2.05) is 52.8 Å². The molecular weight excluding hydrogens is 244 g/mol. The van der Waals surface area contributed by atoms with Crippen LogP contribution >= 0.6 is 0 Å². The quantitative estimate of drug-likeness (QED) is 0.603. The lowest BCUT2D eigenvalue weighted by molar-refractivity contribution is -0.401. The molecule has 0 radical (unpaired) electrons. The van der Waals surface area contributed by atoms with E-state index in [0.29, 0.717) is 11.5 Å². The minimum atomic E-state index is -0.577. The van der Waals surface area contributed by atoms with Gasteiger partial charge in [-0.2, -0.15) is 0 Å². The topological polar surface area (TPSA) is 36.9 Å². The number of ether oxygens (including phenoxy) is 2. The summed E-state index contributed by atoms with van der Waals surface area (Å²) in [6, 6.07) is 5.69. The van der Waals surface area contributed by atoms with Crippen LogP contribution in [0.4, 0.5) is 0 Å². The van der Waals surface area contributed by atoms with Gasteiger partial charge in [-0.1, -0.05) is 6.07 Å². The standard InChI is InChI=1S/C15H24O4/c1-14(2,3)18-19-15(4,5)11-8-9-12(16-6)13(10-11)17-7/h8-10H,1-7H3. The molecule has 0 spiro atoms. The predicted molar refractivity (Wildman–Crippen MR) is 74.5 cm³/mol. The van der Waals surface area contributed by atoms with Crippen LogP contribution in [-0.2, 0) is 15.4 Å². The van der Waals surface area contributed by atoms with Crippen LogP contribution in [0.1, 0.15) is 40.2 Å². The van der Waals surface area contributed by atoms with Gasteiger partial charge in [0, 0.05) is 0 Å². The molecule has 1 aromatic rings. The number of benzene rings is 1. The molecule has 0 aliphatic carbocycles. The molecule has 0 bridgehead atoms. The summed E-state index contributed by atoms with van der Waals surface area (Å²) in [5.41, 5.74) is 0.0232. The molecule has 0 amide bonds. The summed E-state index contributed by atoms with van der Waals surface area (Å²) in [5.74, 6) is 1.37. The van der Waals surface area contributed by atoms with Crippen molar-refractivity contribution in [3.05, 3.63) is 23.8 Å². The molecule has 4 heteroatoms. The van der Waals surface area contributed by atoms with Crippen molar-refractivity contribution in [2.75, 3.05) is 14.2 Å². The lowest BCUT2D eigenvalue weighted by Crippen LogP contribution is -2.28. The molecule has 0 aromatic heterocycles. The van der Waals surface area contributed by atoms with Gasteiger partial charge in [0.05, 0.1) is 19.8 Å². The van der Waals surface area contributed by atoms with Gasteiger partial charge in [-0.05, 0) is 52.3 Å². The molecule has 0 atom stereocenters. The first kappa shape index (κ1) is 15.8. The van der Waals surface area contributed by atoms with Crippen molar-refractivity contribution in [1.29, 1.82) is 0 Å². The van der Waals surface area contributed by atoms with E-state index in [1.165, 1.54) is 0 Å². The van der Waals surface area contributed by atoms with E-state index in [1.54, 1.807) is 14.2 Å². The maximum atomic E-state index is 5.56. The van der Waals surface area contributed by atoms with Crippen LogP contribution in [0.2, 0.25) is 0 Å². The second kappa shape index (κ2) is 5.80. The fourth-order valence-corrected chi connectivity index (χ4v) is 1.49. The summed E-state index contributed by atoms with van der Waals surface area (Å²) < 4.78 is 10.5. The van der Waals surface area contributed by atoms with E-state index >= 15 is 0 Å². The van der Waals surface area contributed by atoms with Crippen LogP contribution in [0.3, 0.4) is 0 Å². The Morgan fingerprint density at radius 2 is 1.37 bits per heavy atom. The molecule has 0 saturated carbocycles. The number of hydrogen-bond acceptors (Lipinski definition) is 4. The maximum absolute atomic E-state index is 5.56. The minimum Gasteiger partial charge on any atom is -0.493 e. The Labute approximate surface area is 115 Å². The Bertz CT molecular complexity index is 419. The highest BCUT2D eigenvalue weighted by Gasteiger charge is 2.27. The van der Waals surface area contributed by atoms with Crippen LogP contribution in [0, 0.1) is 0 Å². The third-order valence-corrected chi connectivity index (χ3v) is 2.58. The fraction of sp³-hybridized carbons (Fsp3) is 0.600. The molecule has 0 heterocycles. The first-order valence-corrected chi connectivity index (χ1v) is 6.29. The Kier molecular flexibility index (Phi) is 4.82. The lowest BCUT2D eigenvalue weighted by atomic mass is 9.98. The molecule has 0 aliphatic heterocycles. The van der Waals surface area contributed by atoms with E-state index in [4.69, 9.17) is 19.2 Å². The van der Waals surface area contributed by atoms with E-state index in [-0.39, 0.29) is 5.60 Å². The third kappa shape index (κ3) is 4.40. The van der Waals surface area contributed by atoms with Gasteiger partial charge in [-0.25, -0.2) is 9.78 Å². The zero-order valence-electron chi connectivity index (χ0n) is 12.9. The van der Waals surface area contributed by atoms with Crippen molar-refractivity contribution in [3.63, 3.8) is 0 Å². The SMILES string of the molecule is COc1ccc(C(C)(C)OOC(C)(C)C)cc1OC. The summed E-state index contributed by atoms with van der Waals surface area (Å²) in [7, 11) is 3.23. The zero-order chi connectivity index (χ0) is 14.7. The number of methoxy groups -OCH3 is 2. The molecular formula is C15H24O4. The van der Waals surface area contributed by atoms with Crippen molar-refractivity contribution < 1.29 is 19.2 Å². The summed E-state index contributed by atoms with van der Waals surface area (Å²) in [4.78, 5) is 11.0. The molecule has 0 fully saturated rings. The fourth-order valence-electron chi connectivity index (χ4n) is 1.49. The van der Waals surface area contributed by atoms with E-state index in [9.17, 15) is 0 Å². The monoisotopic (exact) mass is 268 g/mol. The molecule has 108 valence electrons. The Morgan fingerprint density at radius 3 is 1.84 bits per heavy atom. The van der Waals surface area contributed by atoms with Gasteiger partial charge in [0.15, 0.2) is 11.5 Å². The largest absolute Gasteiger partial charge is 0.493 e. The van der Waals surface area contributed by atoms with Crippen LogP contribution in [0.5, 0.6) is 11.5 Å². The van der Waals surface area contributed by atoms with E-state index in [2.05, 4.69) is 0 Å². The molecule has 19 heavy (non-hydrogen) atoms. The van der Waals surface area contributed by atoms with Crippen molar-refractivity contribution in [2.24, 2.45) is 0 Å². The second-order valence-electron chi connectivity index (χ2n) is 5.86. The first-order valence-electron chi connectivity index (χ1n) is 6.29. The second-order valence-corrected chi connectivity index (χ2v) is 5.86. The average molecular weight is 268 g/mol. The highest BCUT2D eigenvalue weighted by atomic mass is 17.2. The Hall–Kier alpha value is -1.26. The normalized spacial score (nSPS) is 12.4. The van der Waals surface area contributed by atoms with Gasteiger partial charge in [0.25, 0.3) is 0 Å². The van der Waals surface area contributed by atoms with Gasteiger partial charge in [-0.15, -0.1) is 0 Å². The van der Waals surface area contributed by atoms with Crippen molar-refractivity contribution in [1.82, 2.24) is 0 Å². The third-order valence-electron chi connectivity index (χ3n) is 2.58. The highest BCUT2D eigenvalue weighted by molar-refractivity contribution is 5.44. The molecule has 1 aromatic carbocycles. The maximum Gasteiger partial charge on any atom is 0.161 e. The van der Waals surface area contributed by atoms with Crippen molar-refractivity contribution >= 4 is 0 Å². The van der Waals surface area contributed by atoms with Gasteiger partial charge < -0.3 is 9.47 Å². The first-order chi connectivity index (χ1) is 8.69. The summed E-state index contributed by atoms with van der Waals surface area (Å²) >= 11 is 0. The highest BCUT2D eigenvalue weighted by Crippen LogP contribution is 2.34. The van der Waals surface area contributed by atoms with Crippen LogP contribution in [-0.4, -0.2) is 19.8 Å². The Morgan fingerprint density at radius 1 is 0.789 bits per heavy atom. The molecule has 0 unspecified atom stereocenters. The number of rotatable bonds is 5. The summed E-state index contributed by atoms with van der Waals surface area (Å²) in [6.07, 6.45) is 0. The smallest absolute Gasteiger partial charge is 0.161 e. The van der Waals surface area contributed by atoms with Gasteiger partial charge in [0.1, 0.15) is 5.60 Å². The number of hydrogen-bond donors (Lipinski definition) is 0. The van der Waals surface area contributed by atoms with Crippen molar-refractivity contribution in [3.8, 4) is 11.5 Å². The van der Waals surface area contributed by atoms with Crippen LogP contribution < -0.4 is 9.47 Å². The van der Waals surface area contributed by atoms with Gasteiger partial charge in [0.2, 0.25) is 0 Å². The van der Waals surface area contributed by atoms with Crippen molar-refractivity contribution in [2.45, 2.75) is 45.8 Å². The Balaban J connectivity index is 2.94. The summed E-state index contributed by atoms with van der Waals surface area (Å²) in [5, 5.41) is 0. The van der Waals surface area contributed by atoms with Crippen LogP contribution in [0.15, 0.2) is 18.2 Å². The zero-order valence-corrected chi connectivity index (χ0v) is 12.9. The summed E-state index contributed by atoms with van der Waals surface area (Å²) in [6.45, 7) is 9.72.